The Kier molecular flexibility index (Phi) is 3.99. The van der Waals surface area contributed by atoms with Gasteiger partial charge in [-0.1, -0.05) is 12.1 Å². The molecule has 0 aliphatic heterocycles. The zero-order chi connectivity index (χ0) is 15.6. The van der Waals surface area contributed by atoms with Gasteiger partial charge < -0.3 is 10.7 Å². The number of hydrazine groups is 1. The Morgan fingerprint density at radius 3 is 2.38 bits per heavy atom. The summed E-state index contributed by atoms with van der Waals surface area (Å²) in [6.07, 6.45) is -4.56. The number of aromatic nitrogens is 1. The molecular weight excluding hydrogens is 288 g/mol. The molecule has 0 unspecified atom stereocenters. The summed E-state index contributed by atoms with van der Waals surface area (Å²) < 4.78 is 52.1. The van der Waals surface area contributed by atoms with Gasteiger partial charge in [-0.2, -0.15) is 13.2 Å². The van der Waals surface area contributed by atoms with Crippen LogP contribution in [0.5, 0.6) is 0 Å². The van der Waals surface area contributed by atoms with Gasteiger partial charge in [-0.15, -0.1) is 0 Å². The molecular formula is C13H12F4N4. The van der Waals surface area contributed by atoms with Crippen molar-refractivity contribution < 1.29 is 17.6 Å². The van der Waals surface area contributed by atoms with Crippen LogP contribution in [0.1, 0.15) is 11.1 Å². The number of nitrogens with two attached hydrogens (primary N) is 1. The van der Waals surface area contributed by atoms with E-state index in [-0.39, 0.29) is 17.3 Å². The number of hydrogen-bond donors (Lipinski definition) is 3. The number of halogens is 4. The lowest BCUT2D eigenvalue weighted by Crippen LogP contribution is -2.13. The number of benzene rings is 1. The summed E-state index contributed by atoms with van der Waals surface area (Å²) in [6, 6.07) is 5.88. The molecule has 112 valence electrons. The van der Waals surface area contributed by atoms with Crippen LogP contribution >= 0.6 is 0 Å². The van der Waals surface area contributed by atoms with E-state index in [0.717, 1.165) is 12.1 Å². The third kappa shape index (κ3) is 3.40. The molecule has 0 saturated heterocycles. The molecule has 4 N–H and O–H groups in total. The van der Waals surface area contributed by atoms with Crippen LogP contribution in [0.15, 0.2) is 30.3 Å². The van der Waals surface area contributed by atoms with E-state index in [1.807, 2.05) is 0 Å². The fourth-order valence-electron chi connectivity index (χ4n) is 1.75. The Morgan fingerprint density at radius 2 is 1.81 bits per heavy atom. The van der Waals surface area contributed by atoms with E-state index in [4.69, 9.17) is 5.84 Å². The SMILES string of the molecule is Cc1cccc(F)c1Nc1cc(C(F)(F)F)cc(NN)n1. The second kappa shape index (κ2) is 5.57. The Bertz CT molecular complexity index is 635. The number of nitrogens with zero attached hydrogens (tertiary/aromatic N) is 1. The first kappa shape index (κ1) is 15.0. The van der Waals surface area contributed by atoms with Gasteiger partial charge in [-0.25, -0.2) is 15.2 Å². The third-order valence-electron chi connectivity index (χ3n) is 2.78. The van der Waals surface area contributed by atoms with Crippen molar-refractivity contribution in [3.63, 3.8) is 0 Å². The van der Waals surface area contributed by atoms with Crippen molar-refractivity contribution in [1.82, 2.24) is 4.98 Å². The highest BCUT2D eigenvalue weighted by Gasteiger charge is 2.31. The van der Waals surface area contributed by atoms with Crippen LogP contribution in [0.25, 0.3) is 0 Å². The van der Waals surface area contributed by atoms with Crippen LogP contribution in [0, 0.1) is 12.7 Å². The molecule has 1 aromatic heterocycles. The number of rotatable bonds is 3. The Labute approximate surface area is 118 Å². The van der Waals surface area contributed by atoms with E-state index in [1.165, 1.54) is 12.1 Å². The van der Waals surface area contributed by atoms with Gasteiger partial charge in [0.15, 0.2) is 0 Å². The average molecular weight is 300 g/mol. The van der Waals surface area contributed by atoms with E-state index < -0.39 is 17.6 Å². The van der Waals surface area contributed by atoms with E-state index in [2.05, 4.69) is 15.7 Å². The fraction of sp³-hybridized carbons (Fsp3) is 0.154. The molecule has 21 heavy (non-hydrogen) atoms. The summed E-state index contributed by atoms with van der Waals surface area (Å²) in [7, 11) is 0. The topological polar surface area (TPSA) is 63.0 Å². The first-order chi connectivity index (χ1) is 9.81. The van der Waals surface area contributed by atoms with E-state index in [9.17, 15) is 17.6 Å². The Hall–Kier alpha value is -2.35. The minimum atomic E-state index is -4.56. The molecule has 2 rings (SSSR count). The van der Waals surface area contributed by atoms with Crippen LogP contribution in [0.4, 0.5) is 34.9 Å². The molecule has 0 atom stereocenters. The van der Waals surface area contributed by atoms with Crippen LogP contribution < -0.4 is 16.6 Å². The summed E-state index contributed by atoms with van der Waals surface area (Å²) in [5.41, 5.74) is 1.71. The van der Waals surface area contributed by atoms with Crippen LogP contribution in [-0.4, -0.2) is 4.98 Å². The number of aryl methyl sites for hydroxylation is 1. The first-order valence-electron chi connectivity index (χ1n) is 5.89. The zero-order valence-corrected chi connectivity index (χ0v) is 10.9. The normalized spacial score (nSPS) is 11.3. The van der Waals surface area contributed by atoms with Gasteiger partial charge in [-0.3, -0.25) is 0 Å². The third-order valence-corrected chi connectivity index (χ3v) is 2.78. The molecule has 2 aromatic rings. The monoisotopic (exact) mass is 300 g/mol. The molecule has 0 spiro atoms. The average Bonchev–Trinajstić information content (AvgIpc) is 2.42. The quantitative estimate of drug-likeness (QED) is 0.460. The maximum atomic E-state index is 13.7. The minimum Gasteiger partial charge on any atom is -0.338 e. The van der Waals surface area contributed by atoms with Crippen molar-refractivity contribution >= 4 is 17.3 Å². The van der Waals surface area contributed by atoms with E-state index >= 15 is 0 Å². The van der Waals surface area contributed by atoms with Gasteiger partial charge in [0.1, 0.15) is 17.5 Å². The molecule has 0 aliphatic carbocycles. The Balaban J connectivity index is 2.45. The molecule has 0 aliphatic rings. The highest BCUT2D eigenvalue weighted by atomic mass is 19.4. The zero-order valence-electron chi connectivity index (χ0n) is 10.9. The molecule has 0 fully saturated rings. The lowest BCUT2D eigenvalue weighted by Gasteiger charge is -2.14. The van der Waals surface area contributed by atoms with E-state index in [0.29, 0.717) is 5.56 Å². The number of pyridine rings is 1. The summed E-state index contributed by atoms with van der Waals surface area (Å²) in [6.45, 7) is 1.63. The minimum absolute atomic E-state index is 0.0623. The lowest BCUT2D eigenvalue weighted by atomic mass is 10.2. The standard InChI is InChI=1S/C13H12F4N4/c1-7-3-2-4-9(14)12(7)20-10-5-8(13(15,16)17)6-11(19-10)21-18/h2-6H,18H2,1H3,(H2,19,20,21). The predicted molar refractivity (Wildman–Crippen MR) is 71.5 cm³/mol. The molecule has 0 radical (unpaired) electrons. The molecule has 0 saturated carbocycles. The number of nitrogens with one attached hydrogen (secondary N) is 2. The van der Waals surface area contributed by atoms with Crippen molar-refractivity contribution in [2.75, 3.05) is 10.7 Å². The Morgan fingerprint density at radius 1 is 1.14 bits per heavy atom. The van der Waals surface area contributed by atoms with Gasteiger partial charge in [0.05, 0.1) is 11.3 Å². The number of hydrogen-bond acceptors (Lipinski definition) is 4. The largest absolute Gasteiger partial charge is 0.416 e. The van der Waals surface area contributed by atoms with Gasteiger partial charge in [0.2, 0.25) is 0 Å². The van der Waals surface area contributed by atoms with Crippen LogP contribution in [0.3, 0.4) is 0 Å². The van der Waals surface area contributed by atoms with Crippen molar-refractivity contribution in [3.8, 4) is 0 Å². The summed E-state index contributed by atoms with van der Waals surface area (Å²) in [5.74, 6) is 4.18. The van der Waals surface area contributed by atoms with Gasteiger partial charge >= 0.3 is 6.18 Å². The molecule has 0 amide bonds. The summed E-state index contributed by atoms with van der Waals surface area (Å²) in [4.78, 5) is 3.83. The number of alkyl halides is 3. The van der Waals surface area contributed by atoms with E-state index in [1.54, 1.807) is 13.0 Å². The summed E-state index contributed by atoms with van der Waals surface area (Å²) >= 11 is 0. The maximum Gasteiger partial charge on any atom is 0.416 e. The predicted octanol–water partition coefficient (Wildman–Crippen LogP) is 3.58. The molecule has 1 heterocycles. The fourth-order valence-corrected chi connectivity index (χ4v) is 1.75. The molecule has 0 bridgehead atoms. The van der Waals surface area contributed by atoms with Crippen LogP contribution in [-0.2, 0) is 6.18 Å². The smallest absolute Gasteiger partial charge is 0.338 e. The highest BCUT2D eigenvalue weighted by Crippen LogP contribution is 2.33. The van der Waals surface area contributed by atoms with Crippen molar-refractivity contribution in [1.29, 1.82) is 0 Å². The van der Waals surface area contributed by atoms with Gasteiger partial charge in [0, 0.05) is 0 Å². The second-order valence-corrected chi connectivity index (χ2v) is 4.33. The molecule has 1 aromatic carbocycles. The van der Waals surface area contributed by atoms with Crippen molar-refractivity contribution in [2.45, 2.75) is 13.1 Å². The van der Waals surface area contributed by atoms with Gasteiger partial charge in [0.25, 0.3) is 0 Å². The molecule has 8 heteroatoms. The maximum absolute atomic E-state index is 13.7. The van der Waals surface area contributed by atoms with Crippen molar-refractivity contribution in [2.24, 2.45) is 5.84 Å². The molecule has 4 nitrogen and oxygen atoms in total. The van der Waals surface area contributed by atoms with Crippen molar-refractivity contribution in [3.05, 3.63) is 47.3 Å². The number of para-hydroxylation sites is 1. The second-order valence-electron chi connectivity index (χ2n) is 4.33. The first-order valence-corrected chi connectivity index (χ1v) is 5.89. The summed E-state index contributed by atoms with van der Waals surface area (Å²) in [5, 5.41) is 2.55. The number of nitrogen functional groups attached to an aromatic ring is 1. The number of anilines is 3. The highest BCUT2D eigenvalue weighted by molar-refractivity contribution is 5.63. The van der Waals surface area contributed by atoms with Crippen LogP contribution in [0.2, 0.25) is 0 Å². The van der Waals surface area contributed by atoms with Gasteiger partial charge in [-0.05, 0) is 30.7 Å². The lowest BCUT2D eigenvalue weighted by molar-refractivity contribution is -0.137.